The van der Waals surface area contributed by atoms with Crippen LogP contribution in [0, 0.1) is 0 Å². The molecule has 1 aliphatic rings. The monoisotopic (exact) mass is 373 g/mol. The first-order valence-electron chi connectivity index (χ1n) is 7.50. The van der Waals surface area contributed by atoms with Crippen molar-refractivity contribution in [2.75, 3.05) is 6.61 Å². The molecular formula is C14H19N3O9. The van der Waals surface area contributed by atoms with Crippen molar-refractivity contribution in [1.82, 2.24) is 0 Å². The molecule has 5 atom stereocenters. The maximum atomic E-state index is 11.5. The maximum absolute atomic E-state index is 11.5. The van der Waals surface area contributed by atoms with Crippen LogP contribution in [0.15, 0.2) is 5.11 Å². The predicted octanol–water partition coefficient (Wildman–Crippen LogP) is 0.380. The minimum absolute atomic E-state index is 0.383. The Kier molecular flexibility index (Phi) is 7.81. The Labute approximate surface area is 148 Å². The van der Waals surface area contributed by atoms with Crippen molar-refractivity contribution < 1.29 is 42.9 Å². The Hall–Kier alpha value is -2.85. The molecule has 0 aliphatic carbocycles. The van der Waals surface area contributed by atoms with Crippen molar-refractivity contribution in [2.24, 2.45) is 5.11 Å². The maximum Gasteiger partial charge on any atom is 0.304 e. The van der Waals surface area contributed by atoms with Crippen molar-refractivity contribution in [3.8, 4) is 0 Å². The molecule has 26 heavy (non-hydrogen) atoms. The van der Waals surface area contributed by atoms with E-state index in [-0.39, 0.29) is 6.61 Å². The van der Waals surface area contributed by atoms with Crippen molar-refractivity contribution in [3.05, 3.63) is 10.4 Å². The molecule has 12 nitrogen and oxygen atoms in total. The van der Waals surface area contributed by atoms with Crippen LogP contribution in [0.2, 0.25) is 0 Å². The van der Waals surface area contributed by atoms with E-state index in [9.17, 15) is 19.2 Å². The van der Waals surface area contributed by atoms with Gasteiger partial charge in [-0.15, -0.1) is 0 Å². The predicted molar refractivity (Wildman–Crippen MR) is 81.1 cm³/mol. The summed E-state index contributed by atoms with van der Waals surface area (Å²) in [5.41, 5.74) is 8.78. The lowest BCUT2D eigenvalue weighted by atomic mass is 9.97. The minimum atomic E-state index is -1.44. The van der Waals surface area contributed by atoms with E-state index in [1.54, 1.807) is 0 Å². The number of carbonyl (C=O) groups is 4. The van der Waals surface area contributed by atoms with E-state index in [4.69, 9.17) is 29.2 Å². The lowest BCUT2D eigenvalue weighted by Crippen LogP contribution is -2.61. The molecule has 144 valence electrons. The fraction of sp³-hybridized carbons (Fsp3) is 0.714. The third kappa shape index (κ3) is 6.22. The second-order valence-electron chi connectivity index (χ2n) is 5.30. The first-order valence-corrected chi connectivity index (χ1v) is 7.50. The molecule has 1 saturated heterocycles. The molecule has 0 aromatic rings. The summed E-state index contributed by atoms with van der Waals surface area (Å²) in [6.45, 7) is 4.06. The molecule has 1 fully saturated rings. The molecule has 1 aliphatic heterocycles. The summed E-state index contributed by atoms with van der Waals surface area (Å²) in [7, 11) is 0. The quantitative estimate of drug-likeness (QED) is 0.210. The van der Waals surface area contributed by atoms with Gasteiger partial charge in [0.1, 0.15) is 18.8 Å². The van der Waals surface area contributed by atoms with Crippen LogP contribution < -0.4 is 0 Å². The Bertz CT molecular complexity index is 617. The van der Waals surface area contributed by atoms with Crippen LogP contribution in [0.1, 0.15) is 27.7 Å². The number of azide groups is 1. The van der Waals surface area contributed by atoms with Gasteiger partial charge >= 0.3 is 23.9 Å². The van der Waals surface area contributed by atoms with E-state index >= 15 is 0 Å². The van der Waals surface area contributed by atoms with Gasteiger partial charge in [-0.05, 0) is 5.53 Å². The first-order chi connectivity index (χ1) is 12.1. The average molecular weight is 373 g/mol. The highest BCUT2D eigenvalue weighted by molar-refractivity contribution is 5.68. The van der Waals surface area contributed by atoms with Crippen molar-refractivity contribution in [1.29, 1.82) is 0 Å². The number of carbonyl (C=O) groups excluding carboxylic acids is 4. The fourth-order valence-electron chi connectivity index (χ4n) is 2.33. The number of rotatable bonds is 6. The summed E-state index contributed by atoms with van der Waals surface area (Å²) < 4.78 is 25.5. The zero-order valence-corrected chi connectivity index (χ0v) is 14.6. The second kappa shape index (κ2) is 9.59. The number of esters is 4. The Morgan fingerprint density at radius 1 is 0.923 bits per heavy atom. The van der Waals surface area contributed by atoms with Gasteiger partial charge in [0.25, 0.3) is 0 Å². The lowest BCUT2D eigenvalue weighted by Gasteiger charge is -2.42. The highest BCUT2D eigenvalue weighted by Crippen LogP contribution is 2.29. The molecule has 0 saturated carbocycles. The summed E-state index contributed by atoms with van der Waals surface area (Å²) in [6.07, 6.45) is -5.18. The van der Waals surface area contributed by atoms with Crippen LogP contribution in [0.5, 0.6) is 0 Å². The average Bonchev–Trinajstić information content (AvgIpc) is 2.49. The molecule has 0 spiro atoms. The van der Waals surface area contributed by atoms with Gasteiger partial charge in [-0.3, -0.25) is 19.2 Å². The molecule has 0 unspecified atom stereocenters. The van der Waals surface area contributed by atoms with Crippen LogP contribution in [0.25, 0.3) is 10.4 Å². The largest absolute Gasteiger partial charge is 0.463 e. The van der Waals surface area contributed by atoms with E-state index in [0.717, 1.165) is 27.7 Å². The number of nitrogens with zero attached hydrogens (tertiary/aromatic N) is 3. The molecule has 1 heterocycles. The zero-order valence-electron chi connectivity index (χ0n) is 14.6. The molecule has 0 amide bonds. The van der Waals surface area contributed by atoms with E-state index < -0.39 is 54.5 Å². The van der Waals surface area contributed by atoms with Gasteiger partial charge in [0.2, 0.25) is 6.29 Å². The lowest BCUT2D eigenvalue weighted by molar-refractivity contribution is -0.267. The Morgan fingerprint density at radius 2 is 1.46 bits per heavy atom. The molecule has 0 aromatic carbocycles. The standard InChI is InChI=1S/C14H19N3O9/c1-6(18)22-5-10-12(23-7(2)19)13(24-8(3)20)11(16-17-15)14(26-10)25-9(4)21/h10-14H,5H2,1-4H3/t10-,11-,12-,13-,14-/m0/s1. The van der Waals surface area contributed by atoms with E-state index in [2.05, 4.69) is 10.0 Å². The number of hydrogen-bond acceptors (Lipinski definition) is 10. The minimum Gasteiger partial charge on any atom is -0.463 e. The van der Waals surface area contributed by atoms with Crippen molar-refractivity contribution >= 4 is 23.9 Å². The molecule has 0 radical (unpaired) electrons. The topological polar surface area (TPSA) is 163 Å². The van der Waals surface area contributed by atoms with E-state index in [1.165, 1.54) is 0 Å². The Balaban J connectivity index is 3.28. The van der Waals surface area contributed by atoms with Gasteiger partial charge in [0.15, 0.2) is 12.2 Å². The van der Waals surface area contributed by atoms with E-state index in [0.29, 0.717) is 0 Å². The smallest absolute Gasteiger partial charge is 0.304 e. The summed E-state index contributed by atoms with van der Waals surface area (Å²) in [4.78, 5) is 47.9. The van der Waals surface area contributed by atoms with Gasteiger partial charge in [-0.1, -0.05) is 5.11 Å². The highest BCUT2D eigenvalue weighted by atomic mass is 16.7. The molecule has 0 N–H and O–H groups in total. The number of hydrogen-bond donors (Lipinski definition) is 0. The second-order valence-corrected chi connectivity index (χ2v) is 5.30. The first kappa shape index (κ1) is 21.2. The molecule has 1 rings (SSSR count). The third-order valence-corrected chi connectivity index (χ3v) is 3.14. The summed E-state index contributed by atoms with van der Waals surface area (Å²) in [6, 6.07) is -1.33. The van der Waals surface area contributed by atoms with Gasteiger partial charge in [0, 0.05) is 32.6 Å². The van der Waals surface area contributed by atoms with Crippen LogP contribution in [0.4, 0.5) is 0 Å². The molecule has 0 bridgehead atoms. The summed E-state index contributed by atoms with van der Waals surface area (Å²) >= 11 is 0. The van der Waals surface area contributed by atoms with Crippen molar-refractivity contribution in [2.45, 2.75) is 58.3 Å². The van der Waals surface area contributed by atoms with Crippen LogP contribution in [-0.4, -0.2) is 61.1 Å². The van der Waals surface area contributed by atoms with E-state index in [1.807, 2.05) is 0 Å². The molecular weight excluding hydrogens is 354 g/mol. The molecule has 0 aromatic heterocycles. The van der Waals surface area contributed by atoms with Crippen LogP contribution in [0.3, 0.4) is 0 Å². The van der Waals surface area contributed by atoms with Gasteiger partial charge < -0.3 is 23.7 Å². The SMILES string of the molecule is CC(=O)OC[C@@H]1O[C@H](OC(C)=O)[C@@H](N=[N+]=[N-])[C@H](OC(C)=O)[C@H]1OC(C)=O. The van der Waals surface area contributed by atoms with Gasteiger partial charge in [-0.2, -0.15) is 0 Å². The fourth-order valence-corrected chi connectivity index (χ4v) is 2.33. The van der Waals surface area contributed by atoms with Gasteiger partial charge in [0.05, 0.1) is 0 Å². The molecule has 12 heteroatoms. The zero-order chi connectivity index (χ0) is 19.9. The highest BCUT2D eigenvalue weighted by Gasteiger charge is 2.51. The van der Waals surface area contributed by atoms with Crippen molar-refractivity contribution in [3.63, 3.8) is 0 Å². The van der Waals surface area contributed by atoms with Crippen LogP contribution >= 0.6 is 0 Å². The third-order valence-electron chi connectivity index (χ3n) is 3.14. The van der Waals surface area contributed by atoms with Gasteiger partial charge in [-0.25, -0.2) is 0 Å². The Morgan fingerprint density at radius 3 is 1.92 bits per heavy atom. The number of ether oxygens (including phenoxy) is 5. The summed E-state index contributed by atoms with van der Waals surface area (Å²) in [5, 5.41) is 3.44. The normalized spacial score (nSPS) is 27.5. The van der Waals surface area contributed by atoms with Crippen LogP contribution in [-0.2, 0) is 42.9 Å². The summed E-state index contributed by atoms with van der Waals surface area (Å²) in [5.74, 6) is -2.90.